The lowest BCUT2D eigenvalue weighted by Gasteiger charge is -2.38. The summed E-state index contributed by atoms with van der Waals surface area (Å²) < 4.78 is 3.00. The lowest BCUT2D eigenvalue weighted by Crippen LogP contribution is -2.46. The second-order valence-corrected chi connectivity index (χ2v) is 8.36. The first-order valence-electron chi connectivity index (χ1n) is 4.58. The summed E-state index contributed by atoms with van der Waals surface area (Å²) in [4.78, 5) is 11.4. The van der Waals surface area contributed by atoms with Crippen LogP contribution in [-0.4, -0.2) is 19.5 Å². The van der Waals surface area contributed by atoms with Crippen LogP contribution in [0, 0.1) is 5.41 Å². The van der Waals surface area contributed by atoms with Crippen molar-refractivity contribution in [2.24, 2.45) is 5.41 Å². The Kier molecular flexibility index (Phi) is 6.21. The van der Waals surface area contributed by atoms with E-state index in [4.69, 9.17) is 4.74 Å². The Morgan fingerprint density at radius 3 is 2.12 bits per heavy atom. The zero-order valence-electron chi connectivity index (χ0n) is 9.55. The maximum absolute atomic E-state index is 11.4. The average molecular weight is 423 g/mol. The lowest BCUT2D eigenvalue weighted by molar-refractivity contribution is -0.193. The number of carbonyl (C=O) groups is 1. The Bertz CT molecular complexity index is 292. The van der Waals surface area contributed by atoms with Crippen LogP contribution in [-0.2, 0) is 9.53 Å². The molecule has 0 aliphatic carbocycles. The molecule has 0 saturated heterocycles. The molecule has 1 atom stereocenters. The predicted octanol–water partition coefficient (Wildman–Crippen LogP) is 3.68. The van der Waals surface area contributed by atoms with E-state index in [1.807, 2.05) is 0 Å². The molecule has 0 amide bonds. The van der Waals surface area contributed by atoms with Crippen LogP contribution in [0.15, 0.2) is 11.6 Å². The number of aliphatic hydroxyl groups is 1. The molecule has 0 saturated carbocycles. The molecule has 6 heteroatoms. The Labute approximate surface area is 121 Å². The van der Waals surface area contributed by atoms with Crippen molar-refractivity contribution in [2.75, 3.05) is 0 Å². The summed E-state index contributed by atoms with van der Waals surface area (Å²) in [7, 11) is 0. The van der Waals surface area contributed by atoms with Gasteiger partial charge in [0.25, 0.3) is 4.70 Å². The van der Waals surface area contributed by atoms with Crippen molar-refractivity contribution in [1.82, 2.24) is 0 Å². The molecule has 3 nitrogen and oxygen atoms in total. The lowest BCUT2D eigenvalue weighted by atomic mass is 9.96. The highest BCUT2D eigenvalue weighted by molar-refractivity contribution is 9.24. The smallest absolute Gasteiger partial charge is 0.333 e. The summed E-state index contributed by atoms with van der Waals surface area (Å²) in [5.41, 5.74) is 0.0540. The first-order chi connectivity index (χ1) is 7.00. The molecule has 0 rings (SSSR count). The number of carbonyl (C=O) groups excluding carboxylic acids is 1. The van der Waals surface area contributed by atoms with Crippen LogP contribution in [0.1, 0.15) is 27.7 Å². The number of hydrogen-bond donors (Lipinski definition) is 1. The summed E-state index contributed by atoms with van der Waals surface area (Å²) in [6.45, 7) is 7.03. The van der Waals surface area contributed by atoms with Crippen LogP contribution in [0.25, 0.3) is 0 Å². The molecular weight excluding hydrogens is 408 g/mol. The van der Waals surface area contributed by atoms with Crippen molar-refractivity contribution in [3.63, 3.8) is 0 Å². The Morgan fingerprint density at radius 1 is 1.38 bits per heavy atom. The zero-order valence-corrected chi connectivity index (χ0v) is 14.3. The van der Waals surface area contributed by atoms with Gasteiger partial charge in [-0.15, -0.1) is 0 Å². The molecule has 1 unspecified atom stereocenters. The monoisotopic (exact) mass is 420 g/mol. The molecule has 0 aromatic heterocycles. The Morgan fingerprint density at radius 2 is 1.81 bits per heavy atom. The number of esters is 1. The molecular formula is C10H15Br3O3. The van der Waals surface area contributed by atoms with Gasteiger partial charge in [0.1, 0.15) is 0 Å². The highest BCUT2D eigenvalue weighted by Gasteiger charge is 2.48. The molecule has 0 heterocycles. The summed E-state index contributed by atoms with van der Waals surface area (Å²) >= 11 is 9.60. The minimum absolute atomic E-state index is 0.226. The normalized spacial score (nSPS) is 15.6. The van der Waals surface area contributed by atoms with Gasteiger partial charge in [-0.2, -0.15) is 0 Å². The Hall–Kier alpha value is 0.610. The van der Waals surface area contributed by atoms with Crippen molar-refractivity contribution in [1.29, 1.82) is 0 Å². The van der Waals surface area contributed by atoms with Crippen molar-refractivity contribution in [2.45, 2.75) is 36.1 Å². The number of rotatable bonds is 4. The highest BCUT2D eigenvalue weighted by Crippen LogP contribution is 2.45. The number of halogens is 3. The topological polar surface area (TPSA) is 46.5 Å². The van der Waals surface area contributed by atoms with E-state index in [0.717, 1.165) is 5.57 Å². The van der Waals surface area contributed by atoms with E-state index >= 15 is 0 Å². The number of alkyl halides is 3. The molecule has 0 spiro atoms. The number of hydrogen-bond acceptors (Lipinski definition) is 3. The molecule has 0 aliphatic heterocycles. The standard InChI is InChI=1S/C10H15Br3O3/c1-6(2)5-7(14)16-10(13,15)9(3,4)8(11)12/h5,8,15H,1-4H3. The quantitative estimate of drug-likeness (QED) is 0.325. The van der Waals surface area contributed by atoms with Crippen LogP contribution < -0.4 is 0 Å². The number of allylic oxidation sites excluding steroid dienone is 1. The fourth-order valence-corrected chi connectivity index (χ4v) is 2.29. The van der Waals surface area contributed by atoms with Crippen LogP contribution >= 0.6 is 47.8 Å². The predicted molar refractivity (Wildman–Crippen MR) is 74.8 cm³/mol. The second-order valence-electron chi connectivity index (χ2n) is 4.23. The molecule has 0 aromatic rings. The minimum Gasteiger partial charge on any atom is -0.419 e. The summed E-state index contributed by atoms with van der Waals surface area (Å²) in [5.74, 6) is -0.590. The van der Waals surface area contributed by atoms with Gasteiger partial charge in [0, 0.05) is 6.08 Å². The van der Waals surface area contributed by atoms with E-state index in [1.54, 1.807) is 27.7 Å². The largest absolute Gasteiger partial charge is 0.419 e. The fourth-order valence-electron chi connectivity index (χ4n) is 0.665. The molecule has 94 valence electrons. The van der Waals surface area contributed by atoms with Gasteiger partial charge in [-0.1, -0.05) is 51.3 Å². The van der Waals surface area contributed by atoms with Crippen LogP contribution in [0.4, 0.5) is 0 Å². The third-order valence-corrected chi connectivity index (χ3v) is 5.46. The van der Waals surface area contributed by atoms with Crippen LogP contribution in [0.5, 0.6) is 0 Å². The fraction of sp³-hybridized carbons (Fsp3) is 0.700. The molecule has 0 bridgehead atoms. The maximum Gasteiger partial charge on any atom is 0.333 e. The summed E-state index contributed by atoms with van der Waals surface area (Å²) in [5, 5.41) is 10.1. The molecule has 16 heavy (non-hydrogen) atoms. The van der Waals surface area contributed by atoms with Crippen molar-refractivity contribution in [3.8, 4) is 0 Å². The third kappa shape index (κ3) is 4.47. The first kappa shape index (κ1) is 16.6. The first-order valence-corrected chi connectivity index (χ1v) is 7.20. The molecule has 1 N–H and O–H groups in total. The van der Waals surface area contributed by atoms with E-state index in [-0.39, 0.29) is 3.74 Å². The second kappa shape index (κ2) is 5.98. The molecule has 0 radical (unpaired) electrons. The van der Waals surface area contributed by atoms with Gasteiger partial charge in [-0.25, -0.2) is 4.79 Å². The highest BCUT2D eigenvalue weighted by atomic mass is 79.9. The van der Waals surface area contributed by atoms with E-state index in [2.05, 4.69) is 47.8 Å². The number of ether oxygens (including phenoxy) is 1. The van der Waals surface area contributed by atoms with Gasteiger partial charge in [0.2, 0.25) is 0 Å². The van der Waals surface area contributed by atoms with Gasteiger partial charge < -0.3 is 9.84 Å². The van der Waals surface area contributed by atoms with Gasteiger partial charge in [0.15, 0.2) is 0 Å². The average Bonchev–Trinajstić information content (AvgIpc) is 1.99. The van der Waals surface area contributed by atoms with Gasteiger partial charge in [0.05, 0.1) is 9.15 Å². The van der Waals surface area contributed by atoms with E-state index in [1.165, 1.54) is 6.08 Å². The SMILES string of the molecule is CC(C)=CC(=O)OC(O)(Br)C(C)(C)C(Br)Br. The van der Waals surface area contributed by atoms with Gasteiger partial charge in [-0.05, 0) is 29.8 Å². The summed E-state index contributed by atoms with van der Waals surface area (Å²) in [6.07, 6.45) is 1.32. The van der Waals surface area contributed by atoms with Gasteiger partial charge in [-0.3, -0.25) is 0 Å². The van der Waals surface area contributed by atoms with Gasteiger partial charge >= 0.3 is 5.97 Å². The molecule has 0 fully saturated rings. The Balaban J connectivity index is 4.83. The van der Waals surface area contributed by atoms with E-state index < -0.39 is 16.1 Å². The zero-order chi connectivity index (χ0) is 13.1. The van der Waals surface area contributed by atoms with Crippen molar-refractivity contribution >= 4 is 53.8 Å². The minimum atomic E-state index is -1.75. The van der Waals surface area contributed by atoms with Crippen molar-refractivity contribution in [3.05, 3.63) is 11.6 Å². The molecule has 0 aliphatic rings. The van der Waals surface area contributed by atoms with Crippen LogP contribution in [0.2, 0.25) is 0 Å². The third-order valence-electron chi connectivity index (χ3n) is 1.98. The maximum atomic E-state index is 11.4. The van der Waals surface area contributed by atoms with Crippen LogP contribution in [0.3, 0.4) is 0 Å². The molecule has 0 aromatic carbocycles. The van der Waals surface area contributed by atoms with E-state index in [9.17, 15) is 9.90 Å². The summed E-state index contributed by atoms with van der Waals surface area (Å²) in [6, 6.07) is 0. The van der Waals surface area contributed by atoms with E-state index in [0.29, 0.717) is 0 Å². The van der Waals surface area contributed by atoms with Crippen molar-refractivity contribution < 1.29 is 14.6 Å².